The van der Waals surface area contributed by atoms with Gasteiger partial charge in [-0.05, 0) is 0 Å². The molecular weight excluding hydrogens is 391 g/mol. The molecule has 0 bridgehead atoms. The summed E-state index contributed by atoms with van der Waals surface area (Å²) in [4.78, 5) is 21.4. The molecule has 0 fully saturated rings. The Morgan fingerprint density at radius 1 is 0.810 bits per heavy atom. The monoisotopic (exact) mass is 401 g/mol. The Balaban J connectivity index is 1.98. The summed E-state index contributed by atoms with van der Waals surface area (Å²) in [6.07, 6.45) is 1.05. The van der Waals surface area contributed by atoms with Gasteiger partial charge >= 0.3 is 131 Å². The fourth-order valence-corrected chi connectivity index (χ4v) is 2.49. The number of rotatable bonds is 6. The Hall–Kier alpha value is -2.29. The van der Waals surface area contributed by atoms with Gasteiger partial charge in [0.05, 0.1) is 0 Å². The quantitative estimate of drug-likeness (QED) is 0.482. The number of hydrogen-bond acceptors (Lipinski definition) is 6. The minimum absolute atomic E-state index is 0.120. The normalized spacial score (nSPS) is 10.1. The molecule has 21 heavy (non-hydrogen) atoms. The van der Waals surface area contributed by atoms with Crippen LogP contribution in [0, 0.1) is 0 Å². The molecule has 0 aliphatic rings. The van der Waals surface area contributed by atoms with Crippen molar-refractivity contribution in [3.05, 3.63) is 47.5 Å². The van der Waals surface area contributed by atoms with Gasteiger partial charge in [0.15, 0.2) is 0 Å². The topological polar surface area (TPSA) is 93.1 Å². The SMILES string of the molecule is O=Cc1cc(O[I-]Oc2ccc(O)c(C=O)c2)ccc1O. The number of carbonyl (C=O) groups excluding carboxylic acids is 2. The third kappa shape index (κ3) is 3.85. The molecule has 2 rings (SSSR count). The maximum atomic E-state index is 10.7. The van der Waals surface area contributed by atoms with E-state index in [4.69, 9.17) is 6.13 Å². The number of aromatic hydroxyl groups is 2. The first-order valence-corrected chi connectivity index (χ1v) is 7.45. The van der Waals surface area contributed by atoms with Crippen LogP contribution in [0.5, 0.6) is 23.0 Å². The summed E-state index contributed by atoms with van der Waals surface area (Å²) in [7, 11) is 0. The van der Waals surface area contributed by atoms with Gasteiger partial charge < -0.3 is 0 Å². The average molecular weight is 401 g/mol. The standard InChI is InChI=1S/C14H10IO6/c16-7-9-5-11(1-3-13(9)18)20-15-21-12-2-4-14(19)10(6-12)8-17/h1-8,18-19H/q-1. The Kier molecular flexibility index (Phi) is 4.99. The number of phenolic OH excluding ortho intramolecular Hbond substituents is 2. The van der Waals surface area contributed by atoms with Crippen molar-refractivity contribution in [2.24, 2.45) is 0 Å². The van der Waals surface area contributed by atoms with Crippen molar-refractivity contribution in [3.8, 4) is 23.0 Å². The Morgan fingerprint density at radius 2 is 1.24 bits per heavy atom. The van der Waals surface area contributed by atoms with Gasteiger partial charge in [0.2, 0.25) is 0 Å². The molecule has 0 unspecified atom stereocenters. The van der Waals surface area contributed by atoms with Gasteiger partial charge in [-0.25, -0.2) is 0 Å². The molecule has 110 valence electrons. The van der Waals surface area contributed by atoms with Gasteiger partial charge in [-0.3, -0.25) is 0 Å². The first kappa shape index (κ1) is 15.1. The third-order valence-electron chi connectivity index (χ3n) is 2.49. The number of halogens is 1. The molecule has 2 N–H and O–H groups in total. The minimum atomic E-state index is -1.18. The van der Waals surface area contributed by atoms with Crippen molar-refractivity contribution in [2.75, 3.05) is 0 Å². The van der Waals surface area contributed by atoms with E-state index in [1.54, 1.807) is 0 Å². The molecule has 0 atom stereocenters. The molecule has 0 aliphatic heterocycles. The van der Waals surface area contributed by atoms with Crippen LogP contribution in [0.25, 0.3) is 0 Å². The van der Waals surface area contributed by atoms with Crippen molar-refractivity contribution >= 4 is 12.6 Å². The van der Waals surface area contributed by atoms with Gasteiger partial charge in [-0.2, -0.15) is 0 Å². The first-order chi connectivity index (χ1) is 10.1. The number of benzene rings is 2. The van der Waals surface area contributed by atoms with Crippen molar-refractivity contribution in [1.29, 1.82) is 0 Å². The van der Waals surface area contributed by atoms with Gasteiger partial charge in [0.25, 0.3) is 0 Å². The first-order valence-electron chi connectivity index (χ1n) is 5.69. The number of hydrogen-bond donors (Lipinski definition) is 2. The molecule has 0 saturated heterocycles. The molecule has 2 aromatic rings. The Bertz CT molecular complexity index is 613. The number of carbonyl (C=O) groups is 2. The molecule has 7 heteroatoms. The molecule has 0 aliphatic carbocycles. The van der Waals surface area contributed by atoms with Gasteiger partial charge in [-0.1, -0.05) is 0 Å². The van der Waals surface area contributed by atoms with Crippen molar-refractivity contribution in [1.82, 2.24) is 0 Å². The van der Waals surface area contributed by atoms with Crippen LogP contribution in [0.3, 0.4) is 0 Å². The van der Waals surface area contributed by atoms with Gasteiger partial charge in [0, 0.05) is 0 Å². The molecule has 2 aromatic carbocycles. The maximum absolute atomic E-state index is 10.7. The summed E-state index contributed by atoms with van der Waals surface area (Å²) < 4.78 is 10.8. The van der Waals surface area contributed by atoms with Crippen LogP contribution in [0.2, 0.25) is 0 Å². The van der Waals surface area contributed by atoms with Crippen molar-refractivity contribution < 1.29 is 48.0 Å². The van der Waals surface area contributed by atoms with E-state index in [9.17, 15) is 19.8 Å². The zero-order chi connectivity index (χ0) is 15.2. The van der Waals surface area contributed by atoms with Crippen LogP contribution >= 0.6 is 0 Å². The molecule has 0 aromatic heterocycles. The summed E-state index contributed by atoms with van der Waals surface area (Å²) in [6, 6.07) is 8.54. The van der Waals surface area contributed by atoms with Crippen LogP contribution in [0.15, 0.2) is 36.4 Å². The second-order valence-corrected chi connectivity index (χ2v) is 5.13. The fraction of sp³-hybridized carbons (Fsp3) is 0. The average Bonchev–Trinajstić information content (AvgIpc) is 2.50. The van der Waals surface area contributed by atoms with Gasteiger partial charge in [-0.15, -0.1) is 0 Å². The van der Waals surface area contributed by atoms with Crippen molar-refractivity contribution in [3.63, 3.8) is 0 Å². The van der Waals surface area contributed by atoms with E-state index in [0.717, 1.165) is 0 Å². The molecule has 0 saturated carbocycles. The van der Waals surface area contributed by atoms with E-state index in [1.165, 1.54) is 36.4 Å². The van der Waals surface area contributed by atoms with Crippen LogP contribution in [-0.2, 0) is 0 Å². The van der Waals surface area contributed by atoms with Gasteiger partial charge in [0.1, 0.15) is 0 Å². The summed E-state index contributed by atoms with van der Waals surface area (Å²) in [5.41, 5.74) is 0.258. The number of phenols is 2. The summed E-state index contributed by atoms with van der Waals surface area (Å²) in [6.45, 7) is 0. The zero-order valence-electron chi connectivity index (χ0n) is 10.5. The molecule has 0 spiro atoms. The summed E-state index contributed by atoms with van der Waals surface area (Å²) in [5.74, 6) is 0.561. The van der Waals surface area contributed by atoms with E-state index < -0.39 is 22.0 Å². The Labute approximate surface area is 131 Å². The van der Waals surface area contributed by atoms with Crippen molar-refractivity contribution in [2.45, 2.75) is 0 Å². The predicted molar refractivity (Wildman–Crippen MR) is 68.2 cm³/mol. The fourth-order valence-electron chi connectivity index (χ4n) is 1.44. The van der Waals surface area contributed by atoms with E-state index in [1.807, 2.05) is 0 Å². The van der Waals surface area contributed by atoms with Crippen LogP contribution in [-0.4, -0.2) is 22.8 Å². The second-order valence-electron chi connectivity index (χ2n) is 3.89. The van der Waals surface area contributed by atoms with E-state index >= 15 is 0 Å². The second kappa shape index (κ2) is 6.93. The molecule has 0 radical (unpaired) electrons. The van der Waals surface area contributed by atoms with Crippen LogP contribution in [0.4, 0.5) is 0 Å². The summed E-state index contributed by atoms with van der Waals surface area (Å²) >= 11 is -1.18. The summed E-state index contributed by atoms with van der Waals surface area (Å²) in [5, 5.41) is 18.7. The molecular formula is C14H10IO6-. The number of aldehydes is 2. The van der Waals surface area contributed by atoms with E-state index in [2.05, 4.69) is 0 Å². The molecule has 6 nitrogen and oxygen atoms in total. The van der Waals surface area contributed by atoms with Crippen LogP contribution in [0.1, 0.15) is 20.7 Å². The third-order valence-corrected chi connectivity index (χ3v) is 3.87. The van der Waals surface area contributed by atoms with E-state index in [-0.39, 0.29) is 22.6 Å². The van der Waals surface area contributed by atoms with Crippen LogP contribution < -0.4 is 28.2 Å². The van der Waals surface area contributed by atoms with E-state index in [0.29, 0.717) is 24.1 Å². The Morgan fingerprint density at radius 3 is 1.62 bits per heavy atom. The zero-order valence-corrected chi connectivity index (χ0v) is 12.7. The predicted octanol–water partition coefficient (Wildman–Crippen LogP) is -0.900. The molecule has 0 heterocycles. The molecule has 0 amide bonds.